The highest BCUT2D eigenvalue weighted by Gasteiger charge is 2.22. The minimum atomic E-state index is -0.0347. The number of aromatic nitrogens is 5. The largest absolute Gasteiger partial charge is 0.491 e. The van der Waals surface area contributed by atoms with E-state index in [0.29, 0.717) is 6.54 Å². The quantitative estimate of drug-likeness (QED) is 0.672. The van der Waals surface area contributed by atoms with E-state index in [1.165, 1.54) is 5.56 Å². The van der Waals surface area contributed by atoms with Crippen molar-refractivity contribution in [3.8, 4) is 17.0 Å². The average molecular weight is 393 g/mol. The van der Waals surface area contributed by atoms with Crippen molar-refractivity contribution in [3.63, 3.8) is 0 Å². The molecule has 7 nitrogen and oxygen atoms in total. The van der Waals surface area contributed by atoms with Crippen LogP contribution in [0.3, 0.4) is 0 Å². The lowest BCUT2D eigenvalue weighted by molar-refractivity contribution is 0.236. The van der Waals surface area contributed by atoms with Gasteiger partial charge in [0, 0.05) is 30.4 Å². The van der Waals surface area contributed by atoms with Crippen molar-refractivity contribution in [2.24, 2.45) is 0 Å². The van der Waals surface area contributed by atoms with Gasteiger partial charge in [-0.2, -0.15) is 0 Å². The number of nitrogens with zero attached hydrogens (tertiary/aromatic N) is 6. The van der Waals surface area contributed by atoms with E-state index >= 15 is 0 Å². The van der Waals surface area contributed by atoms with E-state index in [0.717, 1.165) is 41.9 Å². The van der Waals surface area contributed by atoms with Gasteiger partial charge in [0.25, 0.3) is 0 Å². The predicted molar refractivity (Wildman–Crippen MR) is 113 cm³/mol. The summed E-state index contributed by atoms with van der Waals surface area (Å²) in [7, 11) is 0. The van der Waals surface area contributed by atoms with Crippen LogP contribution in [0.15, 0.2) is 36.8 Å². The van der Waals surface area contributed by atoms with E-state index in [1.807, 2.05) is 12.3 Å². The normalized spacial score (nSPS) is 14.2. The van der Waals surface area contributed by atoms with E-state index in [9.17, 15) is 0 Å². The van der Waals surface area contributed by atoms with Crippen molar-refractivity contribution < 1.29 is 4.74 Å². The van der Waals surface area contributed by atoms with Crippen LogP contribution >= 0.6 is 0 Å². The van der Waals surface area contributed by atoms with Crippen molar-refractivity contribution in [2.45, 2.75) is 59.2 Å². The molecule has 0 saturated heterocycles. The van der Waals surface area contributed by atoms with Crippen LogP contribution in [0.1, 0.15) is 46.0 Å². The monoisotopic (exact) mass is 392 g/mol. The molecule has 0 unspecified atom stereocenters. The Morgan fingerprint density at radius 2 is 1.93 bits per heavy atom. The molecule has 2 aromatic heterocycles. The van der Waals surface area contributed by atoms with Crippen LogP contribution < -0.4 is 9.64 Å². The Kier molecular flexibility index (Phi) is 4.98. The minimum absolute atomic E-state index is 0.0347. The molecule has 1 aromatic carbocycles. The fourth-order valence-electron chi connectivity index (χ4n) is 3.53. The Labute approximate surface area is 171 Å². The predicted octanol–water partition coefficient (Wildman–Crippen LogP) is 3.84. The van der Waals surface area contributed by atoms with Gasteiger partial charge in [0.05, 0.1) is 18.3 Å². The first-order valence-electron chi connectivity index (χ1n) is 10.1. The standard InChI is InChI=1S/C22H28N6O/c1-15(2)29-19-7-6-16(12-17(19)22(3,4)5)18-8-9-23-21(25-18)27-10-11-28-14-24-26-20(28)13-27/h6-9,12,14-15H,10-11,13H2,1-5H3. The Morgan fingerprint density at radius 1 is 1.10 bits per heavy atom. The molecule has 0 aliphatic carbocycles. The smallest absolute Gasteiger partial charge is 0.226 e. The van der Waals surface area contributed by atoms with Crippen LogP contribution in [0, 0.1) is 0 Å². The SMILES string of the molecule is CC(C)Oc1ccc(-c2ccnc(N3CCn4cnnc4C3)n2)cc1C(C)(C)C. The molecule has 0 amide bonds. The maximum absolute atomic E-state index is 6.05. The summed E-state index contributed by atoms with van der Waals surface area (Å²) in [4.78, 5) is 11.5. The second-order valence-corrected chi connectivity index (χ2v) is 8.73. The number of anilines is 1. The molecule has 0 atom stereocenters. The summed E-state index contributed by atoms with van der Waals surface area (Å²) < 4.78 is 8.12. The maximum atomic E-state index is 6.05. The molecule has 29 heavy (non-hydrogen) atoms. The third-order valence-electron chi connectivity index (χ3n) is 5.01. The highest BCUT2D eigenvalue weighted by Crippen LogP contribution is 2.35. The van der Waals surface area contributed by atoms with Gasteiger partial charge in [0.2, 0.25) is 5.95 Å². The van der Waals surface area contributed by atoms with Crippen LogP contribution in [0.25, 0.3) is 11.3 Å². The fraction of sp³-hybridized carbons (Fsp3) is 0.455. The van der Waals surface area contributed by atoms with Gasteiger partial charge in [-0.15, -0.1) is 10.2 Å². The second kappa shape index (κ2) is 7.46. The Hall–Kier alpha value is -2.96. The highest BCUT2D eigenvalue weighted by atomic mass is 16.5. The lowest BCUT2D eigenvalue weighted by Gasteiger charge is -2.27. The fourth-order valence-corrected chi connectivity index (χ4v) is 3.53. The molecule has 0 N–H and O–H groups in total. The Bertz CT molecular complexity index is 1000. The summed E-state index contributed by atoms with van der Waals surface area (Å²) in [5.74, 6) is 2.59. The Balaban J connectivity index is 1.66. The van der Waals surface area contributed by atoms with Crippen LogP contribution in [-0.2, 0) is 18.5 Å². The maximum Gasteiger partial charge on any atom is 0.226 e. The van der Waals surface area contributed by atoms with Gasteiger partial charge in [-0.25, -0.2) is 9.97 Å². The number of hydrogen-bond acceptors (Lipinski definition) is 6. The zero-order valence-electron chi connectivity index (χ0n) is 17.8. The van der Waals surface area contributed by atoms with Crippen molar-refractivity contribution in [1.82, 2.24) is 24.7 Å². The van der Waals surface area contributed by atoms with Gasteiger partial charge < -0.3 is 14.2 Å². The van der Waals surface area contributed by atoms with Gasteiger partial charge >= 0.3 is 0 Å². The van der Waals surface area contributed by atoms with Gasteiger partial charge in [0.1, 0.15) is 12.1 Å². The van der Waals surface area contributed by atoms with Gasteiger partial charge in [-0.1, -0.05) is 20.8 Å². The van der Waals surface area contributed by atoms with Gasteiger partial charge in [-0.3, -0.25) is 0 Å². The average Bonchev–Trinajstić information content (AvgIpc) is 3.15. The second-order valence-electron chi connectivity index (χ2n) is 8.73. The molecule has 0 spiro atoms. The number of ether oxygens (including phenoxy) is 1. The van der Waals surface area contributed by atoms with Crippen molar-refractivity contribution in [2.75, 3.05) is 11.4 Å². The molecule has 3 aromatic rings. The van der Waals surface area contributed by atoms with E-state index in [2.05, 4.69) is 77.5 Å². The Morgan fingerprint density at radius 3 is 2.69 bits per heavy atom. The summed E-state index contributed by atoms with van der Waals surface area (Å²) in [5.41, 5.74) is 3.11. The summed E-state index contributed by atoms with van der Waals surface area (Å²) in [6, 6.07) is 8.28. The summed E-state index contributed by atoms with van der Waals surface area (Å²) in [6.07, 6.45) is 3.74. The lowest BCUT2D eigenvalue weighted by Crippen LogP contribution is -2.34. The summed E-state index contributed by atoms with van der Waals surface area (Å²) in [5, 5.41) is 8.18. The molecule has 0 radical (unpaired) electrons. The molecule has 4 rings (SSSR count). The first-order valence-corrected chi connectivity index (χ1v) is 10.1. The van der Waals surface area contributed by atoms with Gasteiger partial charge in [0.15, 0.2) is 5.82 Å². The van der Waals surface area contributed by atoms with Crippen molar-refractivity contribution >= 4 is 5.95 Å². The van der Waals surface area contributed by atoms with E-state index in [1.54, 1.807) is 6.33 Å². The van der Waals surface area contributed by atoms with Crippen molar-refractivity contribution in [1.29, 1.82) is 0 Å². The van der Waals surface area contributed by atoms with E-state index in [-0.39, 0.29) is 11.5 Å². The summed E-state index contributed by atoms with van der Waals surface area (Å²) >= 11 is 0. The zero-order chi connectivity index (χ0) is 20.6. The van der Waals surface area contributed by atoms with Crippen molar-refractivity contribution in [3.05, 3.63) is 48.2 Å². The molecule has 0 saturated carbocycles. The molecular weight excluding hydrogens is 364 g/mol. The molecule has 0 bridgehead atoms. The summed E-state index contributed by atoms with van der Waals surface area (Å²) in [6.45, 7) is 13.1. The van der Waals surface area contributed by atoms with Gasteiger partial charge in [-0.05, 0) is 43.5 Å². The molecule has 152 valence electrons. The topological polar surface area (TPSA) is 69.0 Å². The molecule has 0 fully saturated rings. The first-order chi connectivity index (χ1) is 13.8. The molecule has 3 heterocycles. The van der Waals surface area contributed by atoms with Crippen LogP contribution in [0.4, 0.5) is 5.95 Å². The van der Waals surface area contributed by atoms with Crippen LogP contribution in [0.5, 0.6) is 5.75 Å². The molecule has 1 aliphatic heterocycles. The highest BCUT2D eigenvalue weighted by molar-refractivity contribution is 5.64. The third-order valence-corrected chi connectivity index (χ3v) is 5.01. The number of fused-ring (bicyclic) bond motifs is 1. The van der Waals surface area contributed by atoms with Crippen LogP contribution in [-0.4, -0.2) is 37.4 Å². The first kappa shape index (κ1) is 19.4. The minimum Gasteiger partial charge on any atom is -0.491 e. The third kappa shape index (κ3) is 4.09. The van der Waals surface area contributed by atoms with Crippen LogP contribution in [0.2, 0.25) is 0 Å². The molecule has 7 heteroatoms. The number of rotatable bonds is 4. The molecular formula is C22H28N6O. The zero-order valence-corrected chi connectivity index (χ0v) is 17.8. The number of benzene rings is 1. The number of hydrogen-bond donors (Lipinski definition) is 0. The van der Waals surface area contributed by atoms with E-state index < -0.39 is 0 Å². The lowest BCUT2D eigenvalue weighted by atomic mass is 9.85. The molecule has 1 aliphatic rings. The van der Waals surface area contributed by atoms with E-state index in [4.69, 9.17) is 9.72 Å².